The number of amides is 1. The van der Waals surface area contributed by atoms with Crippen LogP contribution in [-0.2, 0) is 21.2 Å². The predicted molar refractivity (Wildman–Crippen MR) is 122 cm³/mol. The van der Waals surface area contributed by atoms with E-state index in [-0.39, 0.29) is 17.9 Å². The van der Waals surface area contributed by atoms with Crippen molar-refractivity contribution in [1.29, 1.82) is 0 Å². The molecule has 6 nitrogen and oxygen atoms in total. The first-order chi connectivity index (χ1) is 15.1. The van der Waals surface area contributed by atoms with E-state index in [1.54, 1.807) is 26.1 Å². The second-order valence-electron chi connectivity index (χ2n) is 7.78. The van der Waals surface area contributed by atoms with Gasteiger partial charge in [0.2, 0.25) is 5.91 Å². The highest BCUT2D eigenvalue weighted by Crippen LogP contribution is 2.33. The van der Waals surface area contributed by atoms with Crippen molar-refractivity contribution in [2.24, 2.45) is 9.39 Å². The SMILES string of the molecule is CC1=NC(N(C)C(=O)Cc2ccc(-c3cccc(F)c3)c(F)c2)SC1=NS(=O)(=O)C1CC1. The third-order valence-electron chi connectivity index (χ3n) is 5.24. The van der Waals surface area contributed by atoms with E-state index < -0.39 is 32.4 Å². The van der Waals surface area contributed by atoms with Crippen molar-refractivity contribution in [1.82, 2.24) is 4.90 Å². The fraction of sp³-hybridized carbons (Fsp3) is 0.318. The number of thioether (sulfide) groups is 1. The van der Waals surface area contributed by atoms with Crippen LogP contribution in [0, 0.1) is 11.6 Å². The largest absolute Gasteiger partial charge is 0.314 e. The normalized spacial score (nSPS) is 19.8. The standard InChI is InChI=1S/C22H21F2N3O3S2/c1-13-21(26-32(29,30)17-7-8-17)31-22(25-13)27(2)20(28)11-14-6-9-18(19(24)10-14)15-4-3-5-16(23)12-15/h3-6,9-10,12,17,22H,7-8,11H2,1-2H3. The van der Waals surface area contributed by atoms with Gasteiger partial charge >= 0.3 is 0 Å². The second-order valence-corrected chi connectivity index (χ2v) is 10.7. The maximum absolute atomic E-state index is 14.6. The average molecular weight is 478 g/mol. The molecule has 1 heterocycles. The summed E-state index contributed by atoms with van der Waals surface area (Å²) in [6.45, 7) is 1.66. The number of likely N-dealkylation sites (N-methyl/N-ethyl adjacent to an activating group) is 1. The van der Waals surface area contributed by atoms with E-state index in [1.807, 2.05) is 0 Å². The molecule has 1 atom stereocenters. The van der Waals surface area contributed by atoms with E-state index in [1.165, 1.54) is 35.2 Å². The third-order valence-corrected chi connectivity index (χ3v) is 8.34. The van der Waals surface area contributed by atoms with Crippen LogP contribution in [0.3, 0.4) is 0 Å². The number of sulfonamides is 1. The molecular formula is C22H21F2N3O3S2. The van der Waals surface area contributed by atoms with Crippen LogP contribution in [0.15, 0.2) is 51.9 Å². The molecule has 10 heteroatoms. The van der Waals surface area contributed by atoms with Crippen LogP contribution < -0.4 is 0 Å². The van der Waals surface area contributed by atoms with Crippen molar-refractivity contribution in [2.75, 3.05) is 7.05 Å². The molecule has 0 bridgehead atoms. The molecule has 1 aliphatic carbocycles. The van der Waals surface area contributed by atoms with Gasteiger partial charge in [0, 0.05) is 12.6 Å². The zero-order valence-corrected chi connectivity index (χ0v) is 19.1. The van der Waals surface area contributed by atoms with Gasteiger partial charge in [-0.1, -0.05) is 36.0 Å². The fourth-order valence-electron chi connectivity index (χ4n) is 3.22. The highest BCUT2D eigenvalue weighted by molar-refractivity contribution is 8.17. The topological polar surface area (TPSA) is 79.2 Å². The maximum Gasteiger partial charge on any atom is 0.257 e. The van der Waals surface area contributed by atoms with Crippen molar-refractivity contribution >= 4 is 38.4 Å². The Labute approximate surface area is 189 Å². The molecule has 0 spiro atoms. The highest BCUT2D eigenvalue weighted by Gasteiger charge is 2.37. The Morgan fingerprint density at radius 3 is 2.62 bits per heavy atom. The number of carbonyl (C=O) groups excluding carboxylic acids is 1. The summed E-state index contributed by atoms with van der Waals surface area (Å²) in [6, 6.07) is 10.1. The third kappa shape index (κ3) is 4.91. The molecule has 168 valence electrons. The van der Waals surface area contributed by atoms with Crippen molar-refractivity contribution in [3.63, 3.8) is 0 Å². The van der Waals surface area contributed by atoms with Gasteiger partial charge in [0.25, 0.3) is 10.0 Å². The molecule has 2 aromatic rings. The minimum atomic E-state index is -3.54. The van der Waals surface area contributed by atoms with Crippen LogP contribution in [0.4, 0.5) is 8.78 Å². The molecule has 0 radical (unpaired) electrons. The minimum absolute atomic E-state index is 0.0602. The molecule has 32 heavy (non-hydrogen) atoms. The fourth-order valence-corrected chi connectivity index (χ4v) is 5.86. The average Bonchev–Trinajstić information content (AvgIpc) is 3.53. The first-order valence-corrected chi connectivity index (χ1v) is 12.4. The van der Waals surface area contributed by atoms with Crippen molar-refractivity contribution in [3.8, 4) is 11.1 Å². The van der Waals surface area contributed by atoms with E-state index in [9.17, 15) is 22.0 Å². The Hall–Kier alpha value is -2.59. The predicted octanol–water partition coefficient (Wildman–Crippen LogP) is 4.01. The number of carbonyl (C=O) groups is 1. The number of aliphatic imine (C=N–C) groups is 1. The summed E-state index contributed by atoms with van der Waals surface area (Å²) in [5, 5.41) is -0.112. The number of rotatable bonds is 6. The summed E-state index contributed by atoms with van der Waals surface area (Å²) in [7, 11) is -1.98. The first kappa shape index (κ1) is 22.6. The Bertz CT molecular complexity index is 1240. The van der Waals surface area contributed by atoms with Crippen LogP contribution >= 0.6 is 11.8 Å². The summed E-state index contributed by atoms with van der Waals surface area (Å²) in [5.41, 5.74) is 0.964. The van der Waals surface area contributed by atoms with Crippen molar-refractivity contribution in [2.45, 2.75) is 36.9 Å². The maximum atomic E-state index is 14.6. The number of benzene rings is 2. The van der Waals surface area contributed by atoms with Gasteiger partial charge in [-0.15, -0.1) is 0 Å². The number of hydrogen-bond acceptors (Lipinski definition) is 5. The number of halogens is 2. The van der Waals surface area contributed by atoms with Gasteiger partial charge in [0.05, 0.1) is 17.4 Å². The van der Waals surface area contributed by atoms with E-state index >= 15 is 0 Å². The Morgan fingerprint density at radius 2 is 1.97 bits per heavy atom. The molecule has 2 aliphatic rings. The summed E-state index contributed by atoms with van der Waals surface area (Å²) >= 11 is 1.10. The summed E-state index contributed by atoms with van der Waals surface area (Å²) in [6.07, 6.45) is 1.18. The summed E-state index contributed by atoms with van der Waals surface area (Å²) in [5.74, 6) is -1.31. The van der Waals surface area contributed by atoms with Gasteiger partial charge in [-0.3, -0.25) is 9.79 Å². The molecule has 0 aromatic heterocycles. The van der Waals surface area contributed by atoms with Gasteiger partial charge in [-0.2, -0.15) is 4.40 Å². The molecule has 2 aromatic carbocycles. The molecule has 1 aliphatic heterocycles. The van der Waals surface area contributed by atoms with Crippen LogP contribution in [0.25, 0.3) is 11.1 Å². The molecule has 1 amide bonds. The summed E-state index contributed by atoms with van der Waals surface area (Å²) in [4.78, 5) is 18.5. The van der Waals surface area contributed by atoms with E-state index in [0.29, 0.717) is 34.7 Å². The molecular weight excluding hydrogens is 456 g/mol. The lowest BCUT2D eigenvalue weighted by molar-refractivity contribution is -0.129. The van der Waals surface area contributed by atoms with Crippen molar-refractivity contribution < 1.29 is 22.0 Å². The smallest absolute Gasteiger partial charge is 0.257 e. The molecule has 0 saturated heterocycles. The monoisotopic (exact) mass is 477 g/mol. The van der Waals surface area contributed by atoms with E-state index in [2.05, 4.69) is 9.39 Å². The van der Waals surface area contributed by atoms with Gasteiger partial charge in [0.1, 0.15) is 16.7 Å². The molecule has 1 fully saturated rings. The lowest BCUT2D eigenvalue weighted by atomic mass is 10.0. The molecule has 0 N–H and O–H groups in total. The van der Waals surface area contributed by atoms with Gasteiger partial charge < -0.3 is 4.90 Å². The van der Waals surface area contributed by atoms with Gasteiger partial charge in [0.15, 0.2) is 5.50 Å². The van der Waals surface area contributed by atoms with E-state index in [4.69, 9.17) is 0 Å². The molecule has 1 unspecified atom stereocenters. The molecule has 1 saturated carbocycles. The quantitative estimate of drug-likeness (QED) is 0.630. The van der Waals surface area contributed by atoms with Crippen LogP contribution in [-0.4, -0.2) is 47.8 Å². The zero-order valence-electron chi connectivity index (χ0n) is 17.5. The Kier molecular flexibility index (Phi) is 6.17. The Balaban J connectivity index is 1.44. The first-order valence-electron chi connectivity index (χ1n) is 9.99. The Morgan fingerprint density at radius 1 is 1.22 bits per heavy atom. The highest BCUT2D eigenvalue weighted by atomic mass is 32.2. The van der Waals surface area contributed by atoms with Gasteiger partial charge in [-0.05, 0) is 49.1 Å². The van der Waals surface area contributed by atoms with Crippen molar-refractivity contribution in [3.05, 3.63) is 59.7 Å². The second kappa shape index (κ2) is 8.74. The number of nitrogens with zero attached hydrogens (tertiary/aromatic N) is 3. The lowest BCUT2D eigenvalue weighted by Crippen LogP contribution is -2.34. The minimum Gasteiger partial charge on any atom is -0.314 e. The van der Waals surface area contributed by atoms with E-state index in [0.717, 1.165) is 11.8 Å². The van der Waals surface area contributed by atoms with Gasteiger partial charge in [-0.25, -0.2) is 17.2 Å². The van der Waals surface area contributed by atoms with Crippen LogP contribution in [0.1, 0.15) is 25.3 Å². The molecule has 4 rings (SSSR count). The summed E-state index contributed by atoms with van der Waals surface area (Å²) < 4.78 is 56.2. The van der Waals surface area contributed by atoms with Crippen LogP contribution in [0.2, 0.25) is 0 Å². The van der Waals surface area contributed by atoms with Crippen LogP contribution in [0.5, 0.6) is 0 Å². The lowest BCUT2D eigenvalue weighted by Gasteiger charge is -2.21. The zero-order chi connectivity index (χ0) is 23.0. The number of hydrogen-bond donors (Lipinski definition) is 0.